The third-order valence-electron chi connectivity index (χ3n) is 3.10. The van der Waals surface area contributed by atoms with Crippen LogP contribution < -0.4 is 0 Å². The Morgan fingerprint density at radius 1 is 1.13 bits per heavy atom. The van der Waals surface area contributed by atoms with Crippen LogP contribution in [0, 0.1) is 5.92 Å². The molecular formula is C14H16O. The number of aldehydes is 1. The molecule has 0 aliphatic heterocycles. The predicted molar refractivity (Wildman–Crippen MR) is 62.4 cm³/mol. The second-order valence-corrected chi connectivity index (χ2v) is 4.15. The molecule has 0 saturated heterocycles. The molecule has 1 aliphatic carbocycles. The quantitative estimate of drug-likeness (QED) is 0.539. The lowest BCUT2D eigenvalue weighted by molar-refractivity contribution is -0.105. The lowest BCUT2D eigenvalue weighted by atomic mass is 9.96. The highest BCUT2D eigenvalue weighted by atomic mass is 16.1. The first-order chi connectivity index (χ1) is 7.40. The molecule has 78 valence electrons. The normalized spacial score (nSPS) is 18.0. The minimum absolute atomic E-state index is 0.503. The monoisotopic (exact) mass is 200 g/mol. The summed E-state index contributed by atoms with van der Waals surface area (Å²) in [5.74, 6) is 0.503. The Morgan fingerprint density at radius 2 is 1.80 bits per heavy atom. The van der Waals surface area contributed by atoms with Gasteiger partial charge in [-0.1, -0.05) is 43.2 Å². The van der Waals surface area contributed by atoms with Crippen LogP contribution in [0.2, 0.25) is 0 Å². The minimum Gasteiger partial charge on any atom is -0.298 e. The fourth-order valence-corrected chi connectivity index (χ4v) is 2.25. The number of benzene rings is 1. The summed E-state index contributed by atoms with van der Waals surface area (Å²) in [5, 5.41) is 0. The van der Waals surface area contributed by atoms with Gasteiger partial charge in [-0.25, -0.2) is 0 Å². The first kappa shape index (κ1) is 10.2. The van der Waals surface area contributed by atoms with E-state index in [0.29, 0.717) is 5.92 Å². The van der Waals surface area contributed by atoms with Gasteiger partial charge in [0.1, 0.15) is 6.29 Å². The molecule has 1 fully saturated rings. The van der Waals surface area contributed by atoms with E-state index in [1.165, 1.54) is 25.7 Å². The molecule has 1 aliphatic rings. The molecule has 0 amide bonds. The number of hydrogen-bond acceptors (Lipinski definition) is 1. The van der Waals surface area contributed by atoms with Gasteiger partial charge in [0.2, 0.25) is 0 Å². The van der Waals surface area contributed by atoms with Crippen LogP contribution in [-0.2, 0) is 4.79 Å². The molecule has 0 spiro atoms. The Morgan fingerprint density at radius 3 is 2.40 bits per heavy atom. The number of carbonyl (C=O) groups excluding carboxylic acids is 1. The van der Waals surface area contributed by atoms with Gasteiger partial charge < -0.3 is 0 Å². The Labute approximate surface area is 90.8 Å². The van der Waals surface area contributed by atoms with Gasteiger partial charge in [0.15, 0.2) is 0 Å². The largest absolute Gasteiger partial charge is 0.298 e. The van der Waals surface area contributed by atoms with Crippen LogP contribution in [0.1, 0.15) is 31.2 Å². The summed E-state index contributed by atoms with van der Waals surface area (Å²) in [6.07, 6.45) is 7.95. The van der Waals surface area contributed by atoms with Crippen molar-refractivity contribution in [1.82, 2.24) is 0 Å². The average Bonchev–Trinajstić information content (AvgIpc) is 2.81. The topological polar surface area (TPSA) is 17.1 Å². The van der Waals surface area contributed by atoms with Crippen LogP contribution in [-0.4, -0.2) is 6.29 Å². The van der Waals surface area contributed by atoms with Crippen LogP contribution in [0.25, 0.3) is 6.08 Å². The van der Waals surface area contributed by atoms with Crippen molar-refractivity contribution in [3.8, 4) is 0 Å². The summed E-state index contributed by atoms with van der Waals surface area (Å²) in [6, 6.07) is 10.1. The zero-order valence-corrected chi connectivity index (χ0v) is 8.86. The summed E-state index contributed by atoms with van der Waals surface area (Å²) in [5.41, 5.74) is 2.10. The maximum Gasteiger partial charge on any atom is 0.146 e. The Balaban J connectivity index is 2.18. The lowest BCUT2D eigenvalue weighted by Gasteiger charge is -2.07. The first-order valence-electron chi connectivity index (χ1n) is 5.62. The standard InChI is InChI=1S/C14H16O/c15-11-14(13-8-4-5-9-13)10-12-6-2-1-3-7-12/h1-3,6-7,10-11,13H,4-5,8-9H2. The molecule has 0 radical (unpaired) electrons. The van der Waals surface area contributed by atoms with Crippen LogP contribution in [0.5, 0.6) is 0 Å². The maximum absolute atomic E-state index is 11.0. The van der Waals surface area contributed by atoms with Gasteiger partial charge in [-0.2, -0.15) is 0 Å². The van der Waals surface area contributed by atoms with E-state index < -0.39 is 0 Å². The molecule has 0 bridgehead atoms. The smallest absolute Gasteiger partial charge is 0.146 e. The molecule has 2 rings (SSSR count). The molecule has 15 heavy (non-hydrogen) atoms. The van der Waals surface area contributed by atoms with Crippen molar-refractivity contribution in [3.63, 3.8) is 0 Å². The van der Waals surface area contributed by atoms with Crippen LogP contribution in [0.15, 0.2) is 35.9 Å². The minimum atomic E-state index is 0.503. The van der Waals surface area contributed by atoms with E-state index in [4.69, 9.17) is 0 Å². The van der Waals surface area contributed by atoms with E-state index in [-0.39, 0.29) is 0 Å². The van der Waals surface area contributed by atoms with Gasteiger partial charge >= 0.3 is 0 Å². The van der Waals surface area contributed by atoms with Gasteiger partial charge in [-0.3, -0.25) is 4.79 Å². The summed E-state index contributed by atoms with van der Waals surface area (Å²) < 4.78 is 0. The molecule has 0 heterocycles. The molecule has 0 atom stereocenters. The number of allylic oxidation sites excluding steroid dienone is 1. The molecule has 0 unspecified atom stereocenters. The predicted octanol–water partition coefficient (Wildman–Crippen LogP) is 3.46. The fraction of sp³-hybridized carbons (Fsp3) is 0.357. The molecule has 1 heteroatoms. The molecule has 1 aromatic carbocycles. The van der Waals surface area contributed by atoms with E-state index in [9.17, 15) is 4.79 Å². The number of carbonyl (C=O) groups is 1. The molecule has 1 nitrogen and oxygen atoms in total. The SMILES string of the molecule is O=CC(=Cc1ccccc1)C1CCCC1. The first-order valence-corrected chi connectivity index (χ1v) is 5.62. The van der Waals surface area contributed by atoms with Crippen LogP contribution in [0.3, 0.4) is 0 Å². The number of hydrogen-bond donors (Lipinski definition) is 0. The summed E-state index contributed by atoms with van der Waals surface area (Å²) in [4.78, 5) is 11.0. The molecule has 0 N–H and O–H groups in total. The highest BCUT2D eigenvalue weighted by Gasteiger charge is 2.18. The van der Waals surface area contributed by atoms with E-state index >= 15 is 0 Å². The summed E-state index contributed by atoms with van der Waals surface area (Å²) >= 11 is 0. The van der Waals surface area contributed by atoms with E-state index in [0.717, 1.165) is 17.4 Å². The lowest BCUT2D eigenvalue weighted by Crippen LogP contribution is -1.99. The van der Waals surface area contributed by atoms with E-state index in [2.05, 4.69) is 0 Å². The van der Waals surface area contributed by atoms with Crippen molar-refractivity contribution in [1.29, 1.82) is 0 Å². The van der Waals surface area contributed by atoms with Crippen molar-refractivity contribution in [2.45, 2.75) is 25.7 Å². The van der Waals surface area contributed by atoms with Crippen molar-refractivity contribution in [2.24, 2.45) is 5.92 Å². The zero-order chi connectivity index (χ0) is 10.5. The Hall–Kier alpha value is -1.37. The van der Waals surface area contributed by atoms with Gasteiger partial charge in [0, 0.05) is 0 Å². The van der Waals surface area contributed by atoms with Gasteiger partial charge in [-0.15, -0.1) is 0 Å². The highest BCUT2D eigenvalue weighted by Crippen LogP contribution is 2.30. The Bertz CT molecular complexity index is 345. The maximum atomic E-state index is 11.0. The van der Waals surface area contributed by atoms with Gasteiger partial charge in [0.05, 0.1) is 0 Å². The third kappa shape index (κ3) is 2.56. The molecule has 1 saturated carbocycles. The van der Waals surface area contributed by atoms with Crippen molar-refractivity contribution in [3.05, 3.63) is 41.5 Å². The molecule has 0 aromatic heterocycles. The molecular weight excluding hydrogens is 184 g/mol. The fourth-order valence-electron chi connectivity index (χ4n) is 2.25. The van der Waals surface area contributed by atoms with Crippen molar-refractivity contribution in [2.75, 3.05) is 0 Å². The zero-order valence-electron chi connectivity index (χ0n) is 8.86. The third-order valence-corrected chi connectivity index (χ3v) is 3.10. The van der Waals surface area contributed by atoms with Crippen molar-refractivity contribution < 1.29 is 4.79 Å². The summed E-state index contributed by atoms with van der Waals surface area (Å²) in [7, 11) is 0. The second kappa shape index (κ2) is 4.92. The van der Waals surface area contributed by atoms with E-state index in [1.54, 1.807) is 0 Å². The highest BCUT2D eigenvalue weighted by molar-refractivity contribution is 5.82. The Kier molecular flexibility index (Phi) is 3.33. The average molecular weight is 200 g/mol. The summed E-state index contributed by atoms with van der Waals surface area (Å²) in [6.45, 7) is 0. The van der Waals surface area contributed by atoms with Crippen LogP contribution >= 0.6 is 0 Å². The second-order valence-electron chi connectivity index (χ2n) is 4.15. The molecule has 1 aromatic rings. The van der Waals surface area contributed by atoms with Gasteiger partial charge in [0.25, 0.3) is 0 Å². The number of rotatable bonds is 3. The van der Waals surface area contributed by atoms with Crippen LogP contribution in [0.4, 0.5) is 0 Å². The van der Waals surface area contributed by atoms with Crippen molar-refractivity contribution >= 4 is 12.4 Å². The van der Waals surface area contributed by atoms with E-state index in [1.807, 2.05) is 36.4 Å². The van der Waals surface area contributed by atoms with Gasteiger partial charge in [-0.05, 0) is 36.0 Å².